The zero-order valence-electron chi connectivity index (χ0n) is 19.7. The van der Waals surface area contributed by atoms with Crippen molar-refractivity contribution in [3.63, 3.8) is 0 Å². The Morgan fingerprint density at radius 3 is 2.22 bits per heavy atom. The average molecular weight is 482 g/mol. The maximum absolute atomic E-state index is 12.9. The van der Waals surface area contributed by atoms with E-state index in [4.69, 9.17) is 9.47 Å². The van der Waals surface area contributed by atoms with Gasteiger partial charge in [-0.1, -0.05) is 18.2 Å². The fourth-order valence-corrected chi connectivity index (χ4v) is 4.20. The van der Waals surface area contributed by atoms with Crippen LogP contribution in [0, 0.1) is 0 Å². The molecule has 0 saturated carbocycles. The maximum Gasteiger partial charge on any atom is 0.309 e. The second kappa shape index (κ2) is 9.42. The number of hydrogen-bond acceptors (Lipinski definition) is 6. The van der Waals surface area contributed by atoms with E-state index in [2.05, 4.69) is 15.6 Å². The van der Waals surface area contributed by atoms with Crippen LogP contribution < -0.4 is 20.9 Å². The molecular formula is C28H23N3O5. The summed E-state index contributed by atoms with van der Waals surface area (Å²) in [4.78, 5) is 38.7. The Morgan fingerprint density at radius 1 is 0.750 bits per heavy atom. The van der Waals surface area contributed by atoms with Crippen LogP contribution in [0.1, 0.15) is 15.9 Å². The minimum absolute atomic E-state index is 0.119. The number of rotatable bonds is 5. The number of carbonyl (C=O) groups excluding carboxylic acids is 2. The van der Waals surface area contributed by atoms with Gasteiger partial charge in [-0.05, 0) is 59.2 Å². The molecule has 0 aliphatic carbocycles. The number of fused-ring (bicyclic) bond motifs is 2. The van der Waals surface area contributed by atoms with Crippen LogP contribution in [0.15, 0.2) is 77.7 Å². The molecule has 0 saturated heterocycles. The highest BCUT2D eigenvalue weighted by Crippen LogP contribution is 2.37. The highest BCUT2D eigenvalue weighted by Gasteiger charge is 2.20. The predicted molar refractivity (Wildman–Crippen MR) is 138 cm³/mol. The van der Waals surface area contributed by atoms with E-state index in [9.17, 15) is 14.4 Å². The van der Waals surface area contributed by atoms with Crippen LogP contribution in [-0.4, -0.2) is 31.1 Å². The van der Waals surface area contributed by atoms with Gasteiger partial charge in [0.05, 0.1) is 43.3 Å². The summed E-state index contributed by atoms with van der Waals surface area (Å²) in [5, 5.41) is 6.26. The third kappa shape index (κ3) is 4.44. The summed E-state index contributed by atoms with van der Waals surface area (Å²) in [6.45, 7) is 0. The molecule has 1 aliphatic rings. The molecule has 0 spiro atoms. The SMILES string of the molecule is COC(=O)Cc1ccc2c(c1)NC(=O)c1ccc(-c3ccc(-c4ccc(=O)[nH]c4)c(OC)c3)cc1N2. The summed E-state index contributed by atoms with van der Waals surface area (Å²) in [6.07, 6.45) is 1.77. The second-order valence-corrected chi connectivity index (χ2v) is 8.33. The van der Waals surface area contributed by atoms with Crippen LogP contribution in [0.4, 0.5) is 17.1 Å². The number of carbonyl (C=O) groups is 2. The summed E-state index contributed by atoms with van der Waals surface area (Å²) in [6, 6.07) is 20.0. The van der Waals surface area contributed by atoms with Gasteiger partial charge >= 0.3 is 5.97 Å². The molecule has 1 aromatic heterocycles. The third-order valence-electron chi connectivity index (χ3n) is 6.07. The number of aromatic nitrogens is 1. The van der Waals surface area contributed by atoms with Crippen molar-refractivity contribution in [1.82, 2.24) is 4.98 Å². The third-order valence-corrected chi connectivity index (χ3v) is 6.07. The van der Waals surface area contributed by atoms with Gasteiger partial charge in [0.2, 0.25) is 5.56 Å². The van der Waals surface area contributed by atoms with E-state index in [-0.39, 0.29) is 23.9 Å². The first-order chi connectivity index (χ1) is 17.4. The lowest BCUT2D eigenvalue weighted by Crippen LogP contribution is -2.11. The lowest BCUT2D eigenvalue weighted by atomic mass is 9.98. The van der Waals surface area contributed by atoms with Crippen molar-refractivity contribution in [2.24, 2.45) is 0 Å². The van der Waals surface area contributed by atoms with Crippen molar-refractivity contribution in [3.8, 4) is 28.0 Å². The van der Waals surface area contributed by atoms with E-state index in [1.54, 1.807) is 31.5 Å². The molecule has 180 valence electrons. The Labute approximate surface area is 206 Å². The van der Waals surface area contributed by atoms with Crippen molar-refractivity contribution in [1.29, 1.82) is 0 Å². The molecule has 8 heteroatoms. The summed E-state index contributed by atoms with van der Waals surface area (Å²) in [5.74, 6) is 0.0606. The molecule has 0 fully saturated rings. The van der Waals surface area contributed by atoms with Gasteiger partial charge in [0.1, 0.15) is 5.75 Å². The largest absolute Gasteiger partial charge is 0.496 e. The van der Waals surface area contributed by atoms with Crippen LogP contribution in [0.2, 0.25) is 0 Å². The van der Waals surface area contributed by atoms with Gasteiger partial charge in [0.15, 0.2) is 0 Å². The molecule has 3 aromatic carbocycles. The Balaban J connectivity index is 1.49. The number of aromatic amines is 1. The van der Waals surface area contributed by atoms with Crippen LogP contribution >= 0.6 is 0 Å². The molecule has 3 N–H and O–H groups in total. The monoisotopic (exact) mass is 481 g/mol. The van der Waals surface area contributed by atoms with Crippen molar-refractivity contribution in [2.45, 2.75) is 6.42 Å². The van der Waals surface area contributed by atoms with Crippen molar-refractivity contribution >= 4 is 28.9 Å². The Morgan fingerprint density at radius 2 is 1.50 bits per heavy atom. The van der Waals surface area contributed by atoms with E-state index < -0.39 is 0 Å². The predicted octanol–water partition coefficient (Wildman–Crippen LogP) is 4.74. The summed E-state index contributed by atoms with van der Waals surface area (Å²) < 4.78 is 10.4. The highest BCUT2D eigenvalue weighted by atomic mass is 16.5. The normalized spacial score (nSPS) is 11.9. The number of benzene rings is 3. The molecule has 2 heterocycles. The van der Waals surface area contributed by atoms with Gasteiger partial charge in [-0.3, -0.25) is 14.4 Å². The maximum atomic E-state index is 12.9. The Hall–Kier alpha value is -4.85. The number of hydrogen-bond donors (Lipinski definition) is 3. The van der Waals surface area contributed by atoms with E-state index in [1.165, 1.54) is 13.2 Å². The van der Waals surface area contributed by atoms with Crippen LogP contribution in [0.25, 0.3) is 22.3 Å². The number of nitrogens with one attached hydrogen (secondary N) is 3. The number of methoxy groups -OCH3 is 2. The van der Waals surface area contributed by atoms with Crippen LogP contribution in [0.3, 0.4) is 0 Å². The van der Waals surface area contributed by atoms with E-state index >= 15 is 0 Å². The molecule has 8 nitrogen and oxygen atoms in total. The molecule has 0 radical (unpaired) electrons. The van der Waals surface area contributed by atoms with Gasteiger partial charge in [0, 0.05) is 23.4 Å². The fourth-order valence-electron chi connectivity index (χ4n) is 4.20. The van der Waals surface area contributed by atoms with Gasteiger partial charge in [0.25, 0.3) is 5.91 Å². The highest BCUT2D eigenvalue weighted by molar-refractivity contribution is 6.12. The summed E-state index contributed by atoms with van der Waals surface area (Å²) in [5.41, 5.74) is 6.53. The number of anilines is 3. The quantitative estimate of drug-likeness (QED) is 0.355. The minimum Gasteiger partial charge on any atom is -0.496 e. The first-order valence-electron chi connectivity index (χ1n) is 11.2. The van der Waals surface area contributed by atoms with Gasteiger partial charge in [-0.15, -0.1) is 0 Å². The Bertz CT molecular complexity index is 1540. The lowest BCUT2D eigenvalue weighted by Gasteiger charge is -2.13. The number of H-pyrrole nitrogens is 1. The molecule has 36 heavy (non-hydrogen) atoms. The van der Waals surface area contributed by atoms with Crippen LogP contribution in [0.5, 0.6) is 5.75 Å². The molecule has 0 unspecified atom stereocenters. The molecule has 1 amide bonds. The number of ether oxygens (including phenoxy) is 2. The molecule has 0 atom stereocenters. The van der Waals surface area contributed by atoms with Gasteiger partial charge in [-0.25, -0.2) is 0 Å². The molecule has 5 rings (SSSR count). The van der Waals surface area contributed by atoms with Crippen molar-refractivity contribution < 1.29 is 19.1 Å². The van der Waals surface area contributed by atoms with Gasteiger partial charge in [-0.2, -0.15) is 0 Å². The number of pyridine rings is 1. The van der Waals surface area contributed by atoms with Crippen molar-refractivity contribution in [2.75, 3.05) is 24.9 Å². The van der Waals surface area contributed by atoms with Crippen LogP contribution in [-0.2, 0) is 16.0 Å². The number of esters is 1. The fraction of sp³-hybridized carbons (Fsp3) is 0.107. The number of amides is 1. The Kier molecular flexibility index (Phi) is 6.00. The smallest absolute Gasteiger partial charge is 0.309 e. The molecule has 4 aromatic rings. The molecule has 0 bridgehead atoms. The van der Waals surface area contributed by atoms with E-state index in [0.29, 0.717) is 22.7 Å². The summed E-state index contributed by atoms with van der Waals surface area (Å²) >= 11 is 0. The molecule has 1 aliphatic heterocycles. The first kappa shape index (κ1) is 22.9. The minimum atomic E-state index is -0.349. The summed E-state index contributed by atoms with van der Waals surface area (Å²) in [7, 11) is 2.94. The second-order valence-electron chi connectivity index (χ2n) is 8.33. The van der Waals surface area contributed by atoms with Crippen molar-refractivity contribution in [3.05, 3.63) is 94.4 Å². The van der Waals surface area contributed by atoms with Gasteiger partial charge < -0.3 is 25.1 Å². The lowest BCUT2D eigenvalue weighted by molar-refractivity contribution is -0.139. The zero-order valence-corrected chi connectivity index (χ0v) is 19.7. The van der Waals surface area contributed by atoms with E-state index in [0.717, 1.165) is 33.5 Å². The standard InChI is InChI=1S/C28H23N3O5/c1-35-25-14-18(4-7-20(25)19-6-10-26(32)29-15-19)17-5-8-21-23(13-17)30-22-9-3-16(12-27(33)36-2)11-24(22)31-28(21)34/h3-11,13-15,30H,12H2,1-2H3,(H,29,32)(H,31,34). The average Bonchev–Trinajstić information content (AvgIpc) is 3.03. The zero-order chi connectivity index (χ0) is 25.2. The first-order valence-corrected chi connectivity index (χ1v) is 11.2. The molecular weight excluding hydrogens is 458 g/mol. The van der Waals surface area contributed by atoms with E-state index in [1.807, 2.05) is 42.5 Å². The topological polar surface area (TPSA) is 110 Å².